The summed E-state index contributed by atoms with van der Waals surface area (Å²) in [6, 6.07) is 0.796. The Labute approximate surface area is 68.2 Å². The van der Waals surface area contributed by atoms with Crippen LogP contribution in [-0.2, 0) is 0 Å². The van der Waals surface area contributed by atoms with Crippen molar-refractivity contribution >= 4 is 24.8 Å². The first kappa shape index (κ1) is 12.2. The van der Waals surface area contributed by atoms with Crippen LogP contribution in [0.15, 0.2) is 0 Å². The fourth-order valence-electron chi connectivity index (χ4n) is 1.05. The molecule has 1 saturated carbocycles. The highest BCUT2D eigenvalue weighted by Crippen LogP contribution is 2.13. The summed E-state index contributed by atoms with van der Waals surface area (Å²) in [5.74, 6) is 0. The number of halogens is 2. The van der Waals surface area contributed by atoms with Gasteiger partial charge in [-0.2, -0.15) is 0 Å². The molecule has 0 unspecified atom stereocenters. The van der Waals surface area contributed by atoms with Crippen LogP contribution in [0.25, 0.3) is 0 Å². The molecule has 0 saturated heterocycles. The second kappa shape index (κ2) is 5.30. The van der Waals surface area contributed by atoms with Crippen molar-refractivity contribution in [1.82, 2.24) is 0 Å². The van der Waals surface area contributed by atoms with Crippen LogP contribution in [0, 0.1) is 0 Å². The van der Waals surface area contributed by atoms with E-state index in [1.165, 1.54) is 0 Å². The molecule has 1 rings (SSSR count). The molecule has 0 aliphatic heterocycles. The van der Waals surface area contributed by atoms with Gasteiger partial charge in [0.05, 0.1) is 0 Å². The molecule has 2 nitrogen and oxygen atoms in total. The fourth-order valence-corrected chi connectivity index (χ4v) is 1.05. The van der Waals surface area contributed by atoms with Gasteiger partial charge in [-0.3, -0.25) is 0 Å². The third kappa shape index (κ3) is 3.98. The molecule has 4 N–H and O–H groups in total. The molecular weight excluding hydrogens is 159 g/mol. The molecule has 2 atom stereocenters. The Morgan fingerprint density at radius 1 is 0.889 bits per heavy atom. The van der Waals surface area contributed by atoms with Crippen molar-refractivity contribution in [3.05, 3.63) is 0 Å². The van der Waals surface area contributed by atoms with Crippen LogP contribution in [0.5, 0.6) is 0 Å². The molecule has 58 valence electrons. The van der Waals surface area contributed by atoms with Gasteiger partial charge in [0.15, 0.2) is 0 Å². The Kier molecular flexibility index (Phi) is 7.18. The maximum absolute atomic E-state index is 5.55. The average molecular weight is 173 g/mol. The SMILES string of the molecule is Cl.Cl.N[C@H]1CC[C@H](N)C1. The van der Waals surface area contributed by atoms with Crippen molar-refractivity contribution in [3.8, 4) is 0 Å². The first-order valence-electron chi connectivity index (χ1n) is 2.80. The highest BCUT2D eigenvalue weighted by molar-refractivity contribution is 5.85. The number of nitrogens with two attached hydrogens (primary N) is 2. The highest BCUT2D eigenvalue weighted by atomic mass is 35.5. The van der Waals surface area contributed by atoms with Gasteiger partial charge in [-0.15, -0.1) is 24.8 Å². The van der Waals surface area contributed by atoms with Crippen molar-refractivity contribution in [1.29, 1.82) is 0 Å². The van der Waals surface area contributed by atoms with E-state index in [0.29, 0.717) is 12.1 Å². The van der Waals surface area contributed by atoms with Crippen LogP contribution in [0.1, 0.15) is 19.3 Å². The smallest absolute Gasteiger partial charge is 0.00541 e. The summed E-state index contributed by atoms with van der Waals surface area (Å²) in [4.78, 5) is 0. The van der Waals surface area contributed by atoms with Crippen LogP contribution >= 0.6 is 24.8 Å². The van der Waals surface area contributed by atoms with Crippen molar-refractivity contribution in [2.24, 2.45) is 11.5 Å². The van der Waals surface area contributed by atoms with Gasteiger partial charge in [0, 0.05) is 12.1 Å². The largest absolute Gasteiger partial charge is 0.328 e. The highest BCUT2D eigenvalue weighted by Gasteiger charge is 2.16. The van der Waals surface area contributed by atoms with E-state index in [9.17, 15) is 0 Å². The zero-order valence-corrected chi connectivity index (χ0v) is 6.88. The molecule has 0 spiro atoms. The Bertz CT molecular complexity index is 62.0. The molecule has 1 aliphatic rings. The standard InChI is InChI=1S/C5H12N2.2ClH/c6-4-1-2-5(7)3-4;;/h4-5H,1-3,6-7H2;2*1H/t4-,5-;;/m0../s1. The lowest BCUT2D eigenvalue weighted by molar-refractivity contribution is 0.666. The van der Waals surface area contributed by atoms with Crippen LogP contribution < -0.4 is 11.5 Å². The number of rotatable bonds is 0. The normalized spacial score (nSPS) is 32.7. The van der Waals surface area contributed by atoms with Gasteiger partial charge < -0.3 is 11.5 Å². The summed E-state index contributed by atoms with van der Waals surface area (Å²) >= 11 is 0. The third-order valence-corrected chi connectivity index (χ3v) is 1.51. The van der Waals surface area contributed by atoms with Gasteiger partial charge in [-0.25, -0.2) is 0 Å². The Morgan fingerprint density at radius 2 is 1.22 bits per heavy atom. The first-order chi connectivity index (χ1) is 3.29. The molecule has 4 heteroatoms. The molecule has 9 heavy (non-hydrogen) atoms. The minimum absolute atomic E-state index is 0. The maximum Gasteiger partial charge on any atom is 0.00541 e. The van der Waals surface area contributed by atoms with Gasteiger partial charge in [-0.05, 0) is 19.3 Å². The van der Waals surface area contributed by atoms with E-state index in [1.807, 2.05) is 0 Å². The monoisotopic (exact) mass is 172 g/mol. The lowest BCUT2D eigenvalue weighted by Crippen LogP contribution is -2.20. The Morgan fingerprint density at radius 3 is 1.33 bits per heavy atom. The quantitative estimate of drug-likeness (QED) is 0.565. The first-order valence-corrected chi connectivity index (χ1v) is 2.80. The summed E-state index contributed by atoms with van der Waals surface area (Å²) in [6.45, 7) is 0. The Hall–Kier alpha value is 0.500. The van der Waals surface area contributed by atoms with Gasteiger partial charge in [0.1, 0.15) is 0 Å². The molecule has 1 fully saturated rings. The minimum Gasteiger partial charge on any atom is -0.328 e. The molecule has 1 aliphatic carbocycles. The molecule has 0 heterocycles. The molecule has 0 bridgehead atoms. The second-order valence-corrected chi connectivity index (χ2v) is 2.33. The minimum atomic E-state index is 0. The van der Waals surface area contributed by atoms with Gasteiger partial charge in [0.2, 0.25) is 0 Å². The summed E-state index contributed by atoms with van der Waals surface area (Å²) in [7, 11) is 0. The van der Waals surface area contributed by atoms with Gasteiger partial charge in [0.25, 0.3) is 0 Å². The summed E-state index contributed by atoms with van der Waals surface area (Å²) in [6.07, 6.45) is 3.28. The van der Waals surface area contributed by atoms with Crippen molar-refractivity contribution in [2.75, 3.05) is 0 Å². The summed E-state index contributed by atoms with van der Waals surface area (Å²) < 4.78 is 0. The maximum atomic E-state index is 5.55. The summed E-state index contributed by atoms with van der Waals surface area (Å²) in [5.41, 5.74) is 11.1. The zero-order chi connectivity index (χ0) is 5.28. The predicted molar refractivity (Wildman–Crippen MR) is 44.3 cm³/mol. The zero-order valence-electron chi connectivity index (χ0n) is 5.25. The predicted octanol–water partition coefficient (Wildman–Crippen LogP) is 0.668. The van der Waals surface area contributed by atoms with E-state index in [4.69, 9.17) is 11.5 Å². The lowest BCUT2D eigenvalue weighted by Gasteiger charge is -1.97. The molecule has 0 aromatic carbocycles. The van der Waals surface area contributed by atoms with Crippen LogP contribution in [0.2, 0.25) is 0 Å². The molecule has 0 amide bonds. The lowest BCUT2D eigenvalue weighted by atomic mass is 10.2. The number of hydrogen-bond donors (Lipinski definition) is 2. The van der Waals surface area contributed by atoms with Crippen molar-refractivity contribution in [2.45, 2.75) is 31.3 Å². The van der Waals surface area contributed by atoms with Crippen molar-refractivity contribution < 1.29 is 0 Å². The second-order valence-electron chi connectivity index (χ2n) is 2.33. The van der Waals surface area contributed by atoms with Crippen LogP contribution in [0.3, 0.4) is 0 Å². The van der Waals surface area contributed by atoms with Gasteiger partial charge in [-0.1, -0.05) is 0 Å². The van der Waals surface area contributed by atoms with E-state index >= 15 is 0 Å². The fraction of sp³-hybridized carbons (Fsp3) is 1.00. The van der Waals surface area contributed by atoms with Crippen LogP contribution in [0.4, 0.5) is 0 Å². The van der Waals surface area contributed by atoms with E-state index in [2.05, 4.69) is 0 Å². The molecule has 0 radical (unpaired) electrons. The van der Waals surface area contributed by atoms with E-state index in [1.54, 1.807) is 0 Å². The average Bonchev–Trinajstić information content (AvgIpc) is 1.87. The van der Waals surface area contributed by atoms with Crippen molar-refractivity contribution in [3.63, 3.8) is 0 Å². The van der Waals surface area contributed by atoms with Crippen LogP contribution in [-0.4, -0.2) is 12.1 Å². The molecule has 0 aromatic heterocycles. The topological polar surface area (TPSA) is 52.0 Å². The Balaban J connectivity index is 0. The van der Waals surface area contributed by atoms with Gasteiger partial charge >= 0.3 is 0 Å². The third-order valence-electron chi connectivity index (χ3n) is 1.51. The van der Waals surface area contributed by atoms with E-state index < -0.39 is 0 Å². The molecular formula is C5H14Cl2N2. The number of hydrogen-bond acceptors (Lipinski definition) is 2. The summed E-state index contributed by atoms with van der Waals surface area (Å²) in [5, 5.41) is 0. The van der Waals surface area contributed by atoms with E-state index in [-0.39, 0.29) is 24.8 Å². The van der Waals surface area contributed by atoms with E-state index in [0.717, 1.165) is 19.3 Å². The molecule has 0 aromatic rings.